The van der Waals surface area contributed by atoms with Crippen molar-refractivity contribution in [2.45, 2.75) is 63.7 Å². The molecule has 0 fully saturated rings. The van der Waals surface area contributed by atoms with E-state index in [4.69, 9.17) is 13.5 Å². The molecule has 1 radical (unpaired) electrons. The van der Waals surface area contributed by atoms with E-state index in [-0.39, 0.29) is 43.3 Å². The maximum atomic E-state index is 12.8. The van der Waals surface area contributed by atoms with Crippen molar-refractivity contribution >= 4 is 72.2 Å². The fourth-order valence-corrected chi connectivity index (χ4v) is 11.5. The molecule has 0 aliphatic heterocycles. The summed E-state index contributed by atoms with van der Waals surface area (Å²) in [6.07, 6.45) is 1.83. The van der Waals surface area contributed by atoms with Crippen LogP contribution < -0.4 is 4.40 Å². The Morgan fingerprint density at radius 3 is 2.12 bits per heavy atom. The Bertz CT molecular complexity index is 3700. The number of pyridine rings is 1. The molecule has 0 spiro atoms. The minimum Gasteiger partial charge on any atom is 0 e. The molecule has 0 N–H and O–H groups in total. The normalized spacial score (nSPS) is 12.7. The zero-order chi connectivity index (χ0) is 48.4. The Kier molecular flexibility index (Phi) is 11.6. The number of aryl methyl sites for hydroxylation is 1. The molecule has 67 heavy (non-hydrogen) atoms. The molecule has 335 valence electrons. The number of imidazole rings is 1. The number of halogens is 1. The van der Waals surface area contributed by atoms with Crippen molar-refractivity contribution in [3.63, 3.8) is 0 Å². The first-order chi connectivity index (χ1) is 33.0. The van der Waals surface area contributed by atoms with Crippen LogP contribution in [0.5, 0.6) is 0 Å². The van der Waals surface area contributed by atoms with Crippen molar-refractivity contribution in [3.05, 3.63) is 192 Å². The van der Waals surface area contributed by atoms with E-state index in [2.05, 4.69) is 158 Å². The summed E-state index contributed by atoms with van der Waals surface area (Å²) in [5.74, 6) is 7.81. The Labute approximate surface area is 412 Å². The standard InChI is InChI=1S/C46H37N2O.C14H15FGeN.Ir/c1-27(2)36-24-33(30-13-7-6-8-14-30)25-37(28(3)4)44(36)48-41-18-12-11-17-40(41)47-46(48)35-22-19-29(5)43-39-23-32-21-20-31-15-9-10-16-34(31)38(32)26-42(39)49-45(35)43;1-16(2,3)13-8-9-17-14(10-13)11-4-6-12(15)7-5-11;/h6-21,23-28H,1-5H3;4,6-10H,1-3H3;/q2*-1;/i5D3;;. The van der Waals surface area contributed by atoms with E-state index < -0.39 is 20.1 Å². The molecule has 0 aliphatic carbocycles. The van der Waals surface area contributed by atoms with Gasteiger partial charge in [0.25, 0.3) is 0 Å². The number of aromatic nitrogens is 3. The molecule has 0 saturated heterocycles. The van der Waals surface area contributed by atoms with Crippen molar-refractivity contribution in [1.82, 2.24) is 14.5 Å². The molecule has 11 rings (SSSR count). The van der Waals surface area contributed by atoms with Crippen LogP contribution in [0.2, 0.25) is 17.3 Å². The third kappa shape index (κ3) is 8.68. The first-order valence-corrected chi connectivity index (χ1v) is 30.0. The second-order valence-corrected chi connectivity index (χ2v) is 29.4. The van der Waals surface area contributed by atoms with Crippen LogP contribution >= 0.6 is 0 Å². The van der Waals surface area contributed by atoms with Crippen LogP contribution in [0.3, 0.4) is 0 Å². The van der Waals surface area contributed by atoms with Gasteiger partial charge in [-0.2, -0.15) is 0 Å². The minimum atomic E-state index is -2.38. The summed E-state index contributed by atoms with van der Waals surface area (Å²) in [5, 5.41) is 5.67. The fraction of sp³-hybridized carbons (Fsp3) is 0.167. The summed E-state index contributed by atoms with van der Waals surface area (Å²) in [5.41, 5.74) is 11.3. The largest absolute Gasteiger partial charge is 0 e. The van der Waals surface area contributed by atoms with Gasteiger partial charge in [0, 0.05) is 35.3 Å². The van der Waals surface area contributed by atoms with Gasteiger partial charge in [0.15, 0.2) is 0 Å². The summed E-state index contributed by atoms with van der Waals surface area (Å²) >= 11 is -1.83. The third-order valence-corrected chi connectivity index (χ3v) is 16.9. The van der Waals surface area contributed by atoms with Crippen molar-refractivity contribution < 1.29 is 33.0 Å². The van der Waals surface area contributed by atoms with E-state index in [1.807, 2.05) is 42.6 Å². The molecule has 3 aromatic heterocycles. The number of furan rings is 1. The summed E-state index contributed by atoms with van der Waals surface area (Å²) in [4.78, 5) is 9.61. The van der Waals surface area contributed by atoms with Crippen molar-refractivity contribution in [2.24, 2.45) is 0 Å². The monoisotopic (exact) mass is 1120 g/mol. The van der Waals surface area contributed by atoms with Crippen LogP contribution in [0.1, 0.15) is 60.3 Å². The molecule has 3 heterocycles. The van der Waals surface area contributed by atoms with E-state index in [1.54, 1.807) is 12.1 Å². The van der Waals surface area contributed by atoms with Crippen LogP contribution in [0, 0.1) is 24.8 Å². The van der Waals surface area contributed by atoms with Crippen LogP contribution in [0.25, 0.3) is 94.0 Å². The molecule has 0 saturated carbocycles. The Morgan fingerprint density at radius 2 is 1.40 bits per heavy atom. The smallest absolute Gasteiger partial charge is 0 e. The molecule has 11 aromatic rings. The molecule has 8 aromatic carbocycles. The number of benzene rings is 8. The summed E-state index contributed by atoms with van der Waals surface area (Å²) < 4.78 is 49.0. The fourth-order valence-electron chi connectivity index (χ4n) is 9.13. The second-order valence-electron chi connectivity index (χ2n) is 18.8. The molecular weight excluding hydrogens is 1060 g/mol. The number of nitrogens with zero attached hydrogens (tertiary/aromatic N) is 3. The van der Waals surface area contributed by atoms with Gasteiger partial charge in [-0.1, -0.05) is 124 Å². The number of para-hydroxylation sites is 2. The zero-order valence-corrected chi connectivity index (χ0v) is 43.1. The van der Waals surface area contributed by atoms with Gasteiger partial charge < -0.3 is 8.98 Å². The maximum Gasteiger partial charge on any atom is 0 e. The number of hydrogen-bond acceptors (Lipinski definition) is 3. The molecule has 4 nitrogen and oxygen atoms in total. The molecule has 0 amide bonds. The van der Waals surface area contributed by atoms with E-state index in [9.17, 15) is 4.39 Å². The topological polar surface area (TPSA) is 43.9 Å². The SMILES string of the molecule is [2H]C([2H])([2H])c1c[c-]c(-c2nc3ccccc3n2-c2c(C(C)C)cc(-c3ccccc3)cc2C(C)C)c2oc3cc4c(ccc5ccccc54)cc3c12.[CH3][Ge]([CH3])([CH3])[c]1ccnc(-c2[c-]cc(F)cc2)c1.[Ir]. The molecule has 7 heteroatoms. The van der Waals surface area contributed by atoms with E-state index in [0.717, 1.165) is 54.9 Å². The van der Waals surface area contributed by atoms with E-state index in [0.29, 0.717) is 27.9 Å². The van der Waals surface area contributed by atoms with Crippen molar-refractivity contribution in [1.29, 1.82) is 0 Å². The quantitative estimate of drug-likeness (QED) is 0.0907. The number of rotatable bonds is 7. The molecular formula is C60H52FGeIrN3O-2. The van der Waals surface area contributed by atoms with Crippen LogP contribution in [-0.2, 0) is 20.1 Å². The van der Waals surface area contributed by atoms with Crippen molar-refractivity contribution in [2.75, 3.05) is 0 Å². The third-order valence-electron chi connectivity index (χ3n) is 12.6. The first-order valence-electron chi connectivity index (χ1n) is 24.1. The minimum absolute atomic E-state index is 0. The maximum absolute atomic E-state index is 12.8. The number of fused-ring (bicyclic) bond motifs is 7. The van der Waals surface area contributed by atoms with E-state index in [1.165, 1.54) is 38.8 Å². The van der Waals surface area contributed by atoms with Gasteiger partial charge in [0.1, 0.15) is 5.58 Å². The van der Waals surface area contributed by atoms with Gasteiger partial charge in [0.05, 0.1) is 22.4 Å². The van der Waals surface area contributed by atoms with E-state index >= 15 is 0 Å². The molecule has 0 atom stereocenters. The van der Waals surface area contributed by atoms with Crippen LogP contribution in [0.15, 0.2) is 162 Å². The first kappa shape index (κ1) is 42.2. The predicted molar refractivity (Wildman–Crippen MR) is 277 cm³/mol. The van der Waals surface area contributed by atoms with Gasteiger partial charge in [-0.25, -0.2) is 0 Å². The molecule has 0 unspecified atom stereocenters. The van der Waals surface area contributed by atoms with Gasteiger partial charge in [-0.15, -0.1) is 17.7 Å². The van der Waals surface area contributed by atoms with Gasteiger partial charge >= 0.3 is 104 Å². The van der Waals surface area contributed by atoms with Gasteiger partial charge in [-0.05, 0) is 92.0 Å². The zero-order valence-electron chi connectivity index (χ0n) is 41.6. The molecule has 0 bridgehead atoms. The summed E-state index contributed by atoms with van der Waals surface area (Å²) in [6, 6.07) is 56.6. The van der Waals surface area contributed by atoms with Crippen LogP contribution in [0.4, 0.5) is 4.39 Å². The van der Waals surface area contributed by atoms with Crippen LogP contribution in [-0.4, -0.2) is 27.8 Å². The Morgan fingerprint density at radius 1 is 0.687 bits per heavy atom. The Balaban J connectivity index is 0.000000286. The average molecular weight is 1120 g/mol. The van der Waals surface area contributed by atoms with Gasteiger partial charge in [-0.3, -0.25) is 4.98 Å². The predicted octanol–water partition coefficient (Wildman–Crippen LogP) is 16.2. The van der Waals surface area contributed by atoms with Crippen molar-refractivity contribution in [3.8, 4) is 39.5 Å². The Hall–Kier alpha value is -6.18. The number of hydrogen-bond donors (Lipinski definition) is 0. The van der Waals surface area contributed by atoms with Gasteiger partial charge in [0.2, 0.25) is 0 Å². The second kappa shape index (κ2) is 18.5. The molecule has 0 aliphatic rings. The average Bonchev–Trinajstić information content (AvgIpc) is 3.91. The summed E-state index contributed by atoms with van der Waals surface area (Å²) in [6.45, 7) is 6.56. The summed E-state index contributed by atoms with van der Waals surface area (Å²) in [7, 11) is 0.